The van der Waals surface area contributed by atoms with Gasteiger partial charge in [0, 0.05) is 23.3 Å². The van der Waals surface area contributed by atoms with Gasteiger partial charge in [0.25, 0.3) is 0 Å². The molecular formula is C35H48O16. The predicted octanol–water partition coefficient (Wildman–Crippen LogP) is -1.20. The van der Waals surface area contributed by atoms with Crippen molar-refractivity contribution in [1.29, 1.82) is 0 Å². The summed E-state index contributed by atoms with van der Waals surface area (Å²) in [6.45, 7) is 7.43. The molecule has 0 amide bonds. The molecule has 3 aliphatic heterocycles. The summed E-state index contributed by atoms with van der Waals surface area (Å²) in [7, 11) is 0. The van der Waals surface area contributed by atoms with Crippen molar-refractivity contribution in [3.63, 3.8) is 0 Å². The van der Waals surface area contributed by atoms with Crippen molar-refractivity contribution in [1.82, 2.24) is 0 Å². The summed E-state index contributed by atoms with van der Waals surface area (Å²) in [6.07, 6.45) is -11.0. The fourth-order valence-electron chi connectivity index (χ4n) is 9.83. The van der Waals surface area contributed by atoms with E-state index in [9.17, 15) is 49.8 Å². The minimum Gasteiger partial charge on any atom is -0.463 e. The van der Waals surface area contributed by atoms with E-state index in [1.165, 1.54) is 6.08 Å². The molecule has 16 atom stereocenters. The zero-order chi connectivity index (χ0) is 37.4. The van der Waals surface area contributed by atoms with Gasteiger partial charge in [-0.25, -0.2) is 14.4 Å². The molecule has 3 aliphatic carbocycles. The number of ether oxygens (including phenoxy) is 6. The first-order valence-corrected chi connectivity index (χ1v) is 17.5. The lowest BCUT2D eigenvalue weighted by Crippen LogP contribution is -2.79. The fourth-order valence-corrected chi connectivity index (χ4v) is 9.83. The maximum Gasteiger partial charge on any atom is 0.348 e. The zero-order valence-electron chi connectivity index (χ0n) is 29.2. The van der Waals surface area contributed by atoms with E-state index in [0.29, 0.717) is 18.4 Å². The van der Waals surface area contributed by atoms with Crippen molar-refractivity contribution >= 4 is 23.7 Å². The quantitative estimate of drug-likeness (QED) is 0.0708. The number of unbranched alkanes of at least 4 members (excludes halogenated alkanes) is 1. The van der Waals surface area contributed by atoms with Crippen LogP contribution >= 0.6 is 0 Å². The summed E-state index contributed by atoms with van der Waals surface area (Å²) in [5.74, 6) is -7.77. The molecule has 0 aromatic carbocycles. The molecule has 1 spiro atoms. The van der Waals surface area contributed by atoms with Crippen molar-refractivity contribution < 1.29 is 78.2 Å². The van der Waals surface area contributed by atoms with Gasteiger partial charge in [-0.3, -0.25) is 4.79 Å². The Hall–Kier alpha value is -2.96. The van der Waals surface area contributed by atoms with E-state index >= 15 is 0 Å². The molecule has 2 bridgehead atoms. The number of allylic oxidation sites excluding steroid dienone is 3. The smallest absolute Gasteiger partial charge is 0.348 e. The Morgan fingerprint density at radius 1 is 1.04 bits per heavy atom. The average Bonchev–Trinajstić information content (AvgIpc) is 3.38. The van der Waals surface area contributed by atoms with E-state index < -0.39 is 126 Å². The predicted molar refractivity (Wildman–Crippen MR) is 168 cm³/mol. The van der Waals surface area contributed by atoms with Crippen molar-refractivity contribution in [2.45, 2.75) is 115 Å². The second kappa shape index (κ2) is 13.5. The van der Waals surface area contributed by atoms with Crippen molar-refractivity contribution in [2.24, 2.45) is 34.5 Å². The lowest BCUT2D eigenvalue weighted by Gasteiger charge is -2.67. The maximum absolute atomic E-state index is 14.1. The Bertz CT molecular complexity index is 1490. The molecule has 0 aromatic rings. The largest absolute Gasteiger partial charge is 0.463 e. The number of ketones is 1. The van der Waals surface area contributed by atoms with Gasteiger partial charge in [-0.1, -0.05) is 32.8 Å². The van der Waals surface area contributed by atoms with Gasteiger partial charge in [0.1, 0.15) is 36.6 Å². The SMILES string of the molecule is CCCCOC(=O)[C@]12OC[C@]34[C@H]([C@@H](O)[C@@H]1O)[C@@]1(C)C=C(OC5OC(CO)C(O)C(O)C5O)C(=O)[C@@H](C)[C@@H]1C[C@H]3OC(=O)C(OC(=O)C=C(C)C)[C@@H]24. The highest BCUT2D eigenvalue weighted by Gasteiger charge is 2.85. The molecule has 6 rings (SSSR count). The minimum absolute atomic E-state index is 0.0384. The number of rotatable bonds is 9. The third-order valence-electron chi connectivity index (χ3n) is 12.1. The summed E-state index contributed by atoms with van der Waals surface area (Å²) < 4.78 is 35.0. The van der Waals surface area contributed by atoms with Gasteiger partial charge < -0.3 is 59.1 Å². The van der Waals surface area contributed by atoms with E-state index in [4.69, 9.17) is 28.4 Å². The fraction of sp³-hybridized carbons (Fsp3) is 0.771. The Morgan fingerprint density at radius 3 is 2.39 bits per heavy atom. The van der Waals surface area contributed by atoms with Crippen LogP contribution in [-0.2, 0) is 47.6 Å². The Balaban J connectivity index is 1.48. The molecule has 0 aromatic heterocycles. The number of esters is 3. The van der Waals surface area contributed by atoms with Crippen LogP contribution in [-0.4, -0.2) is 135 Å². The summed E-state index contributed by atoms with van der Waals surface area (Å²) >= 11 is 0. The van der Waals surface area contributed by atoms with E-state index in [2.05, 4.69) is 0 Å². The van der Waals surface area contributed by atoms with Crippen LogP contribution in [0.2, 0.25) is 0 Å². The number of Topliss-reactive ketones (excluding diaryl/α,β-unsaturated/α-hetero) is 1. The van der Waals surface area contributed by atoms with Crippen LogP contribution in [0.5, 0.6) is 0 Å². The lowest BCUT2D eigenvalue weighted by atomic mass is 9.38. The summed E-state index contributed by atoms with van der Waals surface area (Å²) in [4.78, 5) is 54.8. The van der Waals surface area contributed by atoms with E-state index in [1.807, 2.05) is 6.92 Å². The number of aliphatic hydroxyl groups excluding tert-OH is 6. The van der Waals surface area contributed by atoms with Gasteiger partial charge in [-0.2, -0.15) is 0 Å². The molecule has 5 fully saturated rings. The van der Waals surface area contributed by atoms with Gasteiger partial charge in [0.15, 0.2) is 11.5 Å². The topological polar surface area (TPSA) is 245 Å². The number of fused-ring (bicyclic) bond motifs is 2. The molecule has 3 heterocycles. The number of carbonyl (C=O) groups excluding carboxylic acids is 4. The molecule has 51 heavy (non-hydrogen) atoms. The maximum atomic E-state index is 14.1. The molecule has 284 valence electrons. The number of aliphatic hydroxyl groups is 6. The minimum atomic E-state index is -2.34. The van der Waals surface area contributed by atoms with Crippen LogP contribution in [0.15, 0.2) is 23.5 Å². The highest BCUT2D eigenvalue weighted by atomic mass is 16.7. The molecule has 16 heteroatoms. The van der Waals surface area contributed by atoms with Gasteiger partial charge in [-0.05, 0) is 44.1 Å². The van der Waals surface area contributed by atoms with Crippen LogP contribution in [0.4, 0.5) is 0 Å². The summed E-state index contributed by atoms with van der Waals surface area (Å²) in [5.41, 5.74) is -4.52. The summed E-state index contributed by atoms with van der Waals surface area (Å²) in [5, 5.41) is 65.2. The van der Waals surface area contributed by atoms with Crippen molar-refractivity contribution in [2.75, 3.05) is 19.8 Å². The van der Waals surface area contributed by atoms with E-state index in [-0.39, 0.29) is 25.4 Å². The monoisotopic (exact) mass is 724 g/mol. The number of hydrogen-bond donors (Lipinski definition) is 6. The lowest BCUT2D eigenvalue weighted by molar-refractivity contribution is -0.296. The normalized spacial score (nSPS) is 46.9. The van der Waals surface area contributed by atoms with Crippen LogP contribution < -0.4 is 0 Å². The Labute approximate surface area is 294 Å². The molecule has 6 aliphatic rings. The molecule has 3 saturated heterocycles. The first-order chi connectivity index (χ1) is 24.0. The summed E-state index contributed by atoms with van der Waals surface area (Å²) in [6, 6.07) is 0. The van der Waals surface area contributed by atoms with Crippen LogP contribution in [0.1, 0.15) is 53.9 Å². The Kier molecular flexibility index (Phi) is 9.98. The number of carbonyl (C=O) groups is 4. The second-order valence-electron chi connectivity index (χ2n) is 15.3. The molecule has 0 radical (unpaired) electrons. The van der Waals surface area contributed by atoms with Crippen molar-refractivity contribution in [3.8, 4) is 0 Å². The first kappa shape index (κ1) is 37.8. The first-order valence-electron chi connectivity index (χ1n) is 17.5. The van der Waals surface area contributed by atoms with E-state index in [1.54, 1.807) is 27.7 Å². The second-order valence-corrected chi connectivity index (χ2v) is 15.3. The highest BCUT2D eigenvalue weighted by Crippen LogP contribution is 2.72. The zero-order valence-corrected chi connectivity index (χ0v) is 29.2. The van der Waals surface area contributed by atoms with Gasteiger partial charge in [0.05, 0.1) is 31.8 Å². The third kappa shape index (κ3) is 5.47. The highest BCUT2D eigenvalue weighted by molar-refractivity contribution is 5.97. The van der Waals surface area contributed by atoms with Gasteiger partial charge in [-0.15, -0.1) is 0 Å². The molecule has 16 nitrogen and oxygen atoms in total. The van der Waals surface area contributed by atoms with Crippen molar-refractivity contribution in [3.05, 3.63) is 23.5 Å². The average molecular weight is 725 g/mol. The third-order valence-corrected chi connectivity index (χ3v) is 12.1. The van der Waals surface area contributed by atoms with Gasteiger partial charge in [0.2, 0.25) is 18.0 Å². The molecule has 2 saturated carbocycles. The van der Waals surface area contributed by atoms with E-state index in [0.717, 1.165) is 6.08 Å². The standard InChI is InChI=1S/C35H48O16/c1-6-7-8-46-32(45)35-28-26(51-20(37)9-14(2)3)30(44)50-19-10-16-15(4)21(38)17(48-31-24(41)23(40)22(39)18(12-36)49-31)11-33(16,5)27(25(42)29(35)43)34(19,28)13-47-35/h9,11,15-16,18-19,22-29,31,36,39-43H,6-8,10,12-13H2,1-5H3/t15-,16-,18?,19+,22?,23?,24?,25+,26?,27+,28+,29-,31?,33-,34+,35+/m0/s1. The Morgan fingerprint density at radius 2 is 1.75 bits per heavy atom. The molecular weight excluding hydrogens is 676 g/mol. The van der Waals surface area contributed by atoms with Gasteiger partial charge >= 0.3 is 17.9 Å². The van der Waals surface area contributed by atoms with Crippen LogP contribution in [0, 0.1) is 34.5 Å². The van der Waals surface area contributed by atoms with Crippen LogP contribution in [0.3, 0.4) is 0 Å². The molecule has 6 N–H and O–H groups in total. The molecule has 6 unspecified atom stereocenters. The van der Waals surface area contributed by atoms with Crippen LogP contribution in [0.25, 0.3) is 0 Å². The number of hydrogen-bond acceptors (Lipinski definition) is 16.